The Bertz CT molecular complexity index is 469. The Labute approximate surface area is 88.0 Å². The van der Waals surface area contributed by atoms with Crippen molar-refractivity contribution in [3.05, 3.63) is 41.0 Å². The van der Waals surface area contributed by atoms with E-state index in [2.05, 4.69) is 5.32 Å². The monoisotopic (exact) mass is 198 g/mol. The zero-order chi connectivity index (χ0) is 10.7. The van der Waals surface area contributed by atoms with E-state index in [1.807, 2.05) is 30.3 Å². The quantitative estimate of drug-likeness (QED) is 0.788. The van der Waals surface area contributed by atoms with Crippen molar-refractivity contribution in [3.8, 4) is 6.07 Å². The van der Waals surface area contributed by atoms with E-state index in [1.165, 1.54) is 0 Å². The number of benzene rings is 1. The topological polar surface area (TPSA) is 52.9 Å². The van der Waals surface area contributed by atoms with Gasteiger partial charge in [-0.25, -0.2) is 0 Å². The summed E-state index contributed by atoms with van der Waals surface area (Å²) in [5.41, 5.74) is 2.78. The smallest absolute Gasteiger partial charge is 0.251 e. The van der Waals surface area contributed by atoms with Crippen LogP contribution < -0.4 is 5.32 Å². The summed E-state index contributed by atoms with van der Waals surface area (Å²) in [6.07, 6.45) is 4.09. The highest BCUT2D eigenvalue weighted by atomic mass is 16.1. The predicted octanol–water partition coefficient (Wildman–Crippen LogP) is 1.86. The molecule has 1 aromatic rings. The number of nitriles is 1. The van der Waals surface area contributed by atoms with Gasteiger partial charge in [-0.2, -0.15) is 5.26 Å². The molecule has 0 spiro atoms. The van der Waals surface area contributed by atoms with Gasteiger partial charge in [0.15, 0.2) is 0 Å². The Morgan fingerprint density at radius 3 is 3.20 bits per heavy atom. The van der Waals surface area contributed by atoms with Gasteiger partial charge in [-0.05, 0) is 17.2 Å². The van der Waals surface area contributed by atoms with Crippen molar-refractivity contribution in [1.82, 2.24) is 5.32 Å². The van der Waals surface area contributed by atoms with E-state index in [0.29, 0.717) is 13.0 Å². The number of carbonyl (C=O) groups excluding carboxylic acids is 1. The minimum absolute atomic E-state index is 0.0134. The fraction of sp³-hybridized carbons (Fsp3) is 0.167. The first-order valence-electron chi connectivity index (χ1n) is 4.76. The molecule has 1 aromatic carbocycles. The van der Waals surface area contributed by atoms with Gasteiger partial charge >= 0.3 is 0 Å². The highest BCUT2D eigenvalue weighted by molar-refractivity contribution is 5.99. The van der Waals surface area contributed by atoms with Crippen molar-refractivity contribution in [3.63, 3.8) is 0 Å². The van der Waals surface area contributed by atoms with Gasteiger partial charge in [0.2, 0.25) is 0 Å². The minimum Gasteiger partial charge on any atom is -0.348 e. The molecule has 3 nitrogen and oxygen atoms in total. The van der Waals surface area contributed by atoms with Crippen LogP contribution in [-0.4, -0.2) is 5.91 Å². The molecule has 3 heteroatoms. The van der Waals surface area contributed by atoms with Gasteiger partial charge in [-0.1, -0.05) is 24.3 Å². The van der Waals surface area contributed by atoms with E-state index >= 15 is 0 Å². The molecule has 1 amide bonds. The first-order valence-corrected chi connectivity index (χ1v) is 4.76. The molecule has 15 heavy (non-hydrogen) atoms. The molecule has 1 aliphatic heterocycles. The van der Waals surface area contributed by atoms with Crippen molar-refractivity contribution in [1.29, 1.82) is 5.26 Å². The Morgan fingerprint density at radius 1 is 1.53 bits per heavy atom. The summed E-state index contributed by atoms with van der Waals surface area (Å²) in [7, 11) is 0. The second-order valence-electron chi connectivity index (χ2n) is 3.32. The lowest BCUT2D eigenvalue weighted by molar-refractivity contribution is 0.0966. The molecule has 74 valence electrons. The molecule has 0 bridgehead atoms. The Balaban J connectivity index is 2.35. The van der Waals surface area contributed by atoms with Gasteiger partial charge in [0, 0.05) is 12.1 Å². The van der Waals surface area contributed by atoms with Crippen LogP contribution in [-0.2, 0) is 6.54 Å². The van der Waals surface area contributed by atoms with Crippen LogP contribution in [0.1, 0.15) is 27.9 Å². The predicted molar refractivity (Wildman–Crippen MR) is 56.9 cm³/mol. The molecular weight excluding hydrogens is 188 g/mol. The number of amides is 1. The van der Waals surface area contributed by atoms with Crippen molar-refractivity contribution in [2.75, 3.05) is 0 Å². The Hall–Kier alpha value is -2.08. The number of hydrogen-bond donors (Lipinski definition) is 1. The van der Waals surface area contributed by atoms with Crippen LogP contribution in [0.3, 0.4) is 0 Å². The van der Waals surface area contributed by atoms with Crippen molar-refractivity contribution >= 4 is 12.0 Å². The number of nitrogens with zero attached hydrogens (tertiary/aromatic N) is 1. The average molecular weight is 198 g/mol. The highest BCUT2D eigenvalue weighted by Gasteiger charge is 2.19. The summed E-state index contributed by atoms with van der Waals surface area (Å²) in [5, 5.41) is 11.2. The second kappa shape index (κ2) is 3.97. The second-order valence-corrected chi connectivity index (χ2v) is 3.32. The molecular formula is C12H10N2O. The summed E-state index contributed by atoms with van der Waals surface area (Å²) < 4.78 is 0. The third-order valence-electron chi connectivity index (χ3n) is 2.39. The number of rotatable bonds is 2. The molecule has 0 unspecified atom stereocenters. The summed E-state index contributed by atoms with van der Waals surface area (Å²) in [5.74, 6) is -0.0134. The van der Waals surface area contributed by atoms with E-state index in [0.717, 1.165) is 16.7 Å². The fourth-order valence-corrected chi connectivity index (χ4v) is 1.67. The molecule has 0 saturated heterocycles. The first-order chi connectivity index (χ1) is 7.33. The molecule has 0 aromatic heterocycles. The van der Waals surface area contributed by atoms with E-state index < -0.39 is 0 Å². The van der Waals surface area contributed by atoms with Gasteiger partial charge in [0.1, 0.15) is 0 Å². The van der Waals surface area contributed by atoms with Crippen LogP contribution in [0.25, 0.3) is 6.08 Å². The van der Waals surface area contributed by atoms with Crippen molar-refractivity contribution in [2.24, 2.45) is 0 Å². The third-order valence-corrected chi connectivity index (χ3v) is 2.39. The molecule has 1 aliphatic rings. The van der Waals surface area contributed by atoms with Gasteiger partial charge in [0.25, 0.3) is 5.91 Å². The number of allylic oxidation sites excluding steroid dienone is 1. The normalized spacial score (nSPS) is 13.7. The van der Waals surface area contributed by atoms with Crippen LogP contribution in [0.4, 0.5) is 0 Å². The van der Waals surface area contributed by atoms with Gasteiger partial charge in [-0.3, -0.25) is 4.79 Å². The largest absolute Gasteiger partial charge is 0.348 e. The lowest BCUT2D eigenvalue weighted by Crippen LogP contribution is -2.12. The van der Waals surface area contributed by atoms with E-state index in [4.69, 9.17) is 5.26 Å². The maximum absolute atomic E-state index is 11.4. The van der Waals surface area contributed by atoms with Gasteiger partial charge in [0.05, 0.1) is 12.5 Å². The Morgan fingerprint density at radius 2 is 2.40 bits per heavy atom. The number of hydrogen-bond acceptors (Lipinski definition) is 2. The maximum Gasteiger partial charge on any atom is 0.251 e. The van der Waals surface area contributed by atoms with Gasteiger partial charge < -0.3 is 5.32 Å². The molecule has 0 saturated carbocycles. The molecule has 0 radical (unpaired) electrons. The fourth-order valence-electron chi connectivity index (χ4n) is 1.67. The Kier molecular flexibility index (Phi) is 2.51. The minimum atomic E-state index is -0.0134. The molecule has 0 atom stereocenters. The maximum atomic E-state index is 11.4. The molecule has 0 aliphatic carbocycles. The first kappa shape index (κ1) is 9.47. The van der Waals surface area contributed by atoms with Crippen molar-refractivity contribution in [2.45, 2.75) is 13.0 Å². The number of nitrogens with one attached hydrogen (secondary N) is 1. The van der Waals surface area contributed by atoms with Gasteiger partial charge in [-0.15, -0.1) is 0 Å². The zero-order valence-corrected chi connectivity index (χ0v) is 8.16. The van der Waals surface area contributed by atoms with Crippen LogP contribution in [0.5, 0.6) is 0 Å². The molecule has 2 rings (SSSR count). The molecule has 1 N–H and O–H groups in total. The average Bonchev–Trinajstić information content (AvgIpc) is 2.62. The summed E-state index contributed by atoms with van der Waals surface area (Å²) in [6.45, 7) is 0.585. The van der Waals surface area contributed by atoms with Crippen LogP contribution in [0, 0.1) is 11.3 Å². The van der Waals surface area contributed by atoms with Crippen LogP contribution in [0.2, 0.25) is 0 Å². The number of carbonyl (C=O) groups is 1. The summed E-state index contributed by atoms with van der Waals surface area (Å²) in [6, 6.07) is 7.67. The standard InChI is InChI=1S/C12H10N2O/c13-7-2-1-4-9-5-3-6-10-11(9)8-14-12(10)15/h1,3-6H,2,8H2,(H,14,15). The zero-order valence-electron chi connectivity index (χ0n) is 8.16. The third kappa shape index (κ3) is 1.75. The van der Waals surface area contributed by atoms with E-state index in [1.54, 1.807) is 6.08 Å². The number of fused-ring (bicyclic) bond motifs is 1. The molecule has 1 heterocycles. The van der Waals surface area contributed by atoms with E-state index in [9.17, 15) is 4.79 Å². The lowest BCUT2D eigenvalue weighted by Gasteiger charge is -2.00. The summed E-state index contributed by atoms with van der Waals surface area (Å²) in [4.78, 5) is 11.4. The van der Waals surface area contributed by atoms with E-state index in [-0.39, 0.29) is 5.91 Å². The van der Waals surface area contributed by atoms with Crippen LogP contribution >= 0.6 is 0 Å². The molecule has 0 fully saturated rings. The lowest BCUT2D eigenvalue weighted by atomic mass is 10.0. The van der Waals surface area contributed by atoms with Crippen LogP contribution in [0.15, 0.2) is 24.3 Å². The highest BCUT2D eigenvalue weighted by Crippen LogP contribution is 2.20. The SMILES string of the molecule is N#CCC=Cc1cccc2c1CNC2=O. The van der Waals surface area contributed by atoms with Crippen molar-refractivity contribution < 1.29 is 4.79 Å². The summed E-state index contributed by atoms with van der Waals surface area (Å²) >= 11 is 0.